The SMILES string of the molecule is Cc1nnc(NC[C@@H](Nc2ccccc2)C(C)C)c(C#N)c1C. The van der Waals surface area contributed by atoms with E-state index in [1.807, 2.05) is 44.2 Å². The van der Waals surface area contributed by atoms with Gasteiger partial charge in [0, 0.05) is 18.3 Å². The summed E-state index contributed by atoms with van der Waals surface area (Å²) >= 11 is 0. The first kappa shape index (κ1) is 16.8. The predicted molar refractivity (Wildman–Crippen MR) is 93.4 cm³/mol. The van der Waals surface area contributed by atoms with E-state index in [2.05, 4.69) is 40.7 Å². The van der Waals surface area contributed by atoms with Crippen LogP contribution in [0.1, 0.15) is 30.7 Å². The molecule has 1 heterocycles. The quantitative estimate of drug-likeness (QED) is 0.854. The number of para-hydroxylation sites is 1. The van der Waals surface area contributed by atoms with E-state index in [9.17, 15) is 5.26 Å². The Bertz CT molecular complexity index is 689. The lowest BCUT2D eigenvalue weighted by atomic mass is 10.0. The number of aryl methyl sites for hydroxylation is 1. The molecule has 0 aliphatic carbocycles. The maximum atomic E-state index is 9.36. The van der Waals surface area contributed by atoms with Crippen molar-refractivity contribution in [1.82, 2.24) is 10.2 Å². The molecule has 23 heavy (non-hydrogen) atoms. The number of hydrogen-bond donors (Lipinski definition) is 2. The molecule has 0 spiro atoms. The molecule has 0 aliphatic heterocycles. The van der Waals surface area contributed by atoms with Gasteiger partial charge in [-0.25, -0.2) is 0 Å². The van der Waals surface area contributed by atoms with Crippen LogP contribution in [0.5, 0.6) is 0 Å². The number of hydrogen-bond acceptors (Lipinski definition) is 5. The molecular weight excluding hydrogens is 286 g/mol. The van der Waals surface area contributed by atoms with Gasteiger partial charge in [-0.15, -0.1) is 5.10 Å². The van der Waals surface area contributed by atoms with E-state index in [1.54, 1.807) is 0 Å². The number of nitrogens with zero attached hydrogens (tertiary/aromatic N) is 3. The zero-order valence-electron chi connectivity index (χ0n) is 14.1. The van der Waals surface area contributed by atoms with Crippen molar-refractivity contribution in [3.05, 3.63) is 47.2 Å². The molecule has 2 aromatic rings. The van der Waals surface area contributed by atoms with Crippen molar-refractivity contribution in [2.75, 3.05) is 17.2 Å². The molecule has 5 heteroatoms. The van der Waals surface area contributed by atoms with Gasteiger partial charge in [0.15, 0.2) is 5.82 Å². The van der Waals surface area contributed by atoms with Crippen molar-refractivity contribution in [1.29, 1.82) is 5.26 Å². The summed E-state index contributed by atoms with van der Waals surface area (Å²) < 4.78 is 0. The molecule has 0 fully saturated rings. The third-order valence-corrected chi connectivity index (χ3v) is 3.99. The van der Waals surface area contributed by atoms with E-state index in [0.29, 0.717) is 23.8 Å². The van der Waals surface area contributed by atoms with Crippen LogP contribution in [0.15, 0.2) is 30.3 Å². The lowest BCUT2D eigenvalue weighted by Gasteiger charge is -2.24. The Morgan fingerprint density at radius 3 is 2.43 bits per heavy atom. The molecule has 1 aromatic carbocycles. The lowest BCUT2D eigenvalue weighted by molar-refractivity contribution is 0.541. The largest absolute Gasteiger partial charge is 0.380 e. The topological polar surface area (TPSA) is 73.6 Å². The molecule has 0 amide bonds. The molecule has 0 aliphatic rings. The van der Waals surface area contributed by atoms with E-state index in [0.717, 1.165) is 16.9 Å². The van der Waals surface area contributed by atoms with E-state index in [-0.39, 0.29) is 6.04 Å². The highest BCUT2D eigenvalue weighted by Crippen LogP contribution is 2.18. The van der Waals surface area contributed by atoms with Crippen LogP contribution in [0.3, 0.4) is 0 Å². The molecule has 0 bridgehead atoms. The van der Waals surface area contributed by atoms with Crippen LogP contribution in [0.2, 0.25) is 0 Å². The van der Waals surface area contributed by atoms with E-state index in [4.69, 9.17) is 0 Å². The monoisotopic (exact) mass is 309 g/mol. The van der Waals surface area contributed by atoms with Gasteiger partial charge in [-0.3, -0.25) is 0 Å². The van der Waals surface area contributed by atoms with Crippen LogP contribution >= 0.6 is 0 Å². The normalized spacial score (nSPS) is 11.8. The minimum Gasteiger partial charge on any atom is -0.380 e. The molecular formula is C18H23N5. The number of nitrogens with one attached hydrogen (secondary N) is 2. The molecule has 1 aromatic heterocycles. The first-order valence-electron chi connectivity index (χ1n) is 7.82. The average molecular weight is 309 g/mol. The zero-order chi connectivity index (χ0) is 16.8. The minimum atomic E-state index is 0.215. The van der Waals surface area contributed by atoms with E-state index < -0.39 is 0 Å². The summed E-state index contributed by atoms with van der Waals surface area (Å²) in [5.74, 6) is 0.976. The van der Waals surface area contributed by atoms with Gasteiger partial charge in [-0.05, 0) is 37.5 Å². The summed E-state index contributed by atoms with van der Waals surface area (Å²) in [5.41, 5.74) is 3.32. The molecule has 120 valence electrons. The van der Waals surface area contributed by atoms with Gasteiger partial charge < -0.3 is 10.6 Å². The Labute approximate surface area is 137 Å². The molecule has 2 rings (SSSR count). The minimum absolute atomic E-state index is 0.215. The van der Waals surface area contributed by atoms with E-state index in [1.165, 1.54) is 0 Å². The van der Waals surface area contributed by atoms with Crippen molar-refractivity contribution in [2.45, 2.75) is 33.7 Å². The maximum absolute atomic E-state index is 9.36. The van der Waals surface area contributed by atoms with Gasteiger partial charge >= 0.3 is 0 Å². The second-order valence-corrected chi connectivity index (χ2v) is 5.99. The molecule has 1 atom stereocenters. The molecule has 2 N–H and O–H groups in total. The number of nitriles is 1. The zero-order valence-corrected chi connectivity index (χ0v) is 14.1. The van der Waals surface area contributed by atoms with Gasteiger partial charge in [0.05, 0.1) is 5.69 Å². The van der Waals surface area contributed by atoms with Gasteiger partial charge in [-0.1, -0.05) is 32.0 Å². The fourth-order valence-electron chi connectivity index (χ4n) is 2.28. The van der Waals surface area contributed by atoms with Crippen molar-refractivity contribution in [3.8, 4) is 6.07 Å². The first-order chi connectivity index (χ1) is 11.0. The summed E-state index contributed by atoms with van der Waals surface area (Å²) in [6.45, 7) is 8.76. The molecule has 0 radical (unpaired) electrons. The molecule has 5 nitrogen and oxygen atoms in total. The van der Waals surface area contributed by atoms with E-state index >= 15 is 0 Å². The Hall–Kier alpha value is -2.61. The second-order valence-electron chi connectivity index (χ2n) is 5.99. The fourth-order valence-corrected chi connectivity index (χ4v) is 2.28. The summed E-state index contributed by atoms with van der Waals surface area (Å²) in [5, 5.41) is 24.4. The Morgan fingerprint density at radius 2 is 1.83 bits per heavy atom. The number of rotatable bonds is 6. The number of benzene rings is 1. The highest BCUT2D eigenvalue weighted by atomic mass is 15.2. The van der Waals surface area contributed by atoms with Crippen LogP contribution in [0, 0.1) is 31.1 Å². The average Bonchev–Trinajstić information content (AvgIpc) is 2.55. The first-order valence-corrected chi connectivity index (χ1v) is 7.82. The molecule has 0 saturated heterocycles. The summed E-state index contributed by atoms with van der Waals surface area (Å²) in [4.78, 5) is 0. The third-order valence-electron chi connectivity index (χ3n) is 3.99. The predicted octanol–water partition coefficient (Wildman–Crippen LogP) is 3.51. The number of aromatic nitrogens is 2. The molecule has 0 unspecified atom stereocenters. The third kappa shape index (κ3) is 4.19. The van der Waals surface area contributed by atoms with Crippen molar-refractivity contribution < 1.29 is 0 Å². The van der Waals surface area contributed by atoms with Crippen LogP contribution in [-0.2, 0) is 0 Å². The van der Waals surface area contributed by atoms with Crippen LogP contribution in [0.4, 0.5) is 11.5 Å². The highest BCUT2D eigenvalue weighted by molar-refractivity contribution is 5.56. The van der Waals surface area contributed by atoms with Crippen molar-refractivity contribution >= 4 is 11.5 Å². The van der Waals surface area contributed by atoms with Crippen LogP contribution < -0.4 is 10.6 Å². The Kier molecular flexibility index (Phi) is 5.53. The van der Waals surface area contributed by atoms with Gasteiger partial charge in [0.1, 0.15) is 11.6 Å². The Morgan fingerprint density at radius 1 is 1.13 bits per heavy atom. The summed E-state index contributed by atoms with van der Waals surface area (Å²) in [6, 6.07) is 12.5. The highest BCUT2D eigenvalue weighted by Gasteiger charge is 2.16. The smallest absolute Gasteiger partial charge is 0.167 e. The summed E-state index contributed by atoms with van der Waals surface area (Å²) in [6.07, 6.45) is 0. The van der Waals surface area contributed by atoms with Crippen molar-refractivity contribution in [2.24, 2.45) is 5.92 Å². The number of anilines is 2. The van der Waals surface area contributed by atoms with Gasteiger partial charge in [0.25, 0.3) is 0 Å². The van der Waals surface area contributed by atoms with Crippen LogP contribution in [0.25, 0.3) is 0 Å². The lowest BCUT2D eigenvalue weighted by Crippen LogP contribution is -2.33. The van der Waals surface area contributed by atoms with Crippen molar-refractivity contribution in [3.63, 3.8) is 0 Å². The van der Waals surface area contributed by atoms with Gasteiger partial charge in [0.2, 0.25) is 0 Å². The molecule has 0 saturated carbocycles. The summed E-state index contributed by atoms with van der Waals surface area (Å²) in [7, 11) is 0. The second kappa shape index (κ2) is 7.59. The van der Waals surface area contributed by atoms with Gasteiger partial charge in [-0.2, -0.15) is 10.4 Å². The maximum Gasteiger partial charge on any atom is 0.167 e. The Balaban J connectivity index is 2.11. The fraction of sp³-hybridized carbons (Fsp3) is 0.389. The standard InChI is InChI=1S/C18H23N5/c1-12(2)17(21-15-8-6-5-7-9-15)11-20-18-16(10-19)13(3)14(4)22-23-18/h5-9,12,17,21H,11H2,1-4H3,(H,20,23)/t17-/m1/s1. The van der Waals surface area contributed by atoms with Crippen LogP contribution in [-0.4, -0.2) is 22.8 Å².